The van der Waals surface area contributed by atoms with Gasteiger partial charge in [0, 0.05) is 6.42 Å². The highest BCUT2D eigenvalue weighted by atomic mass is 28.4. The van der Waals surface area contributed by atoms with Crippen molar-refractivity contribution >= 4 is 14.3 Å². The van der Waals surface area contributed by atoms with Crippen LogP contribution in [0.1, 0.15) is 38.2 Å². The van der Waals surface area contributed by atoms with Gasteiger partial charge in [-0.15, -0.1) is 0 Å². The van der Waals surface area contributed by atoms with E-state index in [0.717, 1.165) is 25.0 Å². The molecule has 0 heterocycles. The van der Waals surface area contributed by atoms with E-state index in [9.17, 15) is 4.79 Å². The van der Waals surface area contributed by atoms with Gasteiger partial charge < -0.3 is 13.9 Å². The molecule has 29 heavy (non-hydrogen) atoms. The van der Waals surface area contributed by atoms with Crippen LogP contribution < -0.4 is 0 Å². The minimum atomic E-state index is -1.63. The van der Waals surface area contributed by atoms with Gasteiger partial charge in [0.2, 0.25) is 8.32 Å². The maximum absolute atomic E-state index is 12.4. The Balaban J connectivity index is 1.80. The highest BCUT2D eigenvalue weighted by Crippen LogP contribution is 2.35. The predicted molar refractivity (Wildman–Crippen MR) is 120 cm³/mol. The largest absolute Gasteiger partial charge is 0.548 e. The van der Waals surface area contributed by atoms with Crippen molar-refractivity contribution in [2.24, 2.45) is 11.8 Å². The van der Waals surface area contributed by atoms with Crippen molar-refractivity contribution in [1.82, 2.24) is 0 Å². The molecule has 0 spiro atoms. The third kappa shape index (κ3) is 9.00. The van der Waals surface area contributed by atoms with E-state index in [2.05, 4.69) is 50.0 Å². The van der Waals surface area contributed by atoms with Crippen molar-refractivity contribution < 1.29 is 18.7 Å². The predicted octanol–water partition coefficient (Wildman–Crippen LogP) is 5.86. The van der Waals surface area contributed by atoms with Gasteiger partial charge in [0.1, 0.15) is 0 Å². The molecule has 0 bridgehead atoms. The van der Waals surface area contributed by atoms with Gasteiger partial charge in [0.05, 0.1) is 31.5 Å². The minimum Gasteiger partial charge on any atom is -0.548 e. The van der Waals surface area contributed by atoms with Gasteiger partial charge >= 0.3 is 5.97 Å². The molecule has 0 saturated heterocycles. The van der Waals surface area contributed by atoms with Crippen molar-refractivity contribution in [2.75, 3.05) is 13.2 Å². The SMILES string of the molecule is CCOC(=O)[C@H]1CC=C(O[Si](C)(C)C)C[C@@H]1CC/C=C\COCc1ccccc1. The monoisotopic (exact) mass is 416 g/mol. The Morgan fingerprint density at radius 3 is 2.62 bits per heavy atom. The lowest BCUT2D eigenvalue weighted by Gasteiger charge is -2.32. The van der Waals surface area contributed by atoms with E-state index in [4.69, 9.17) is 13.9 Å². The zero-order valence-corrected chi connectivity index (χ0v) is 19.4. The molecule has 1 aromatic rings. The first-order chi connectivity index (χ1) is 13.9. The minimum absolute atomic E-state index is 0.0633. The number of rotatable bonds is 11. The number of ether oxygens (including phenoxy) is 2. The number of hydrogen-bond acceptors (Lipinski definition) is 4. The van der Waals surface area contributed by atoms with Crippen molar-refractivity contribution in [1.29, 1.82) is 0 Å². The maximum atomic E-state index is 12.4. The van der Waals surface area contributed by atoms with Crippen LogP contribution >= 0.6 is 0 Å². The summed E-state index contributed by atoms with van der Waals surface area (Å²) in [6.45, 7) is 10.1. The third-order valence-corrected chi connectivity index (χ3v) is 5.73. The van der Waals surface area contributed by atoms with E-state index in [1.807, 2.05) is 25.1 Å². The number of carbonyl (C=O) groups excluding carboxylic acids is 1. The Hall–Kier alpha value is -1.85. The van der Waals surface area contributed by atoms with E-state index in [-0.39, 0.29) is 17.8 Å². The lowest BCUT2D eigenvalue weighted by atomic mass is 9.79. The zero-order valence-electron chi connectivity index (χ0n) is 18.4. The number of carbonyl (C=O) groups is 1. The van der Waals surface area contributed by atoms with Crippen LogP contribution in [0.3, 0.4) is 0 Å². The quantitative estimate of drug-likeness (QED) is 0.196. The molecule has 1 aliphatic rings. The van der Waals surface area contributed by atoms with Crippen molar-refractivity contribution in [3.8, 4) is 0 Å². The van der Waals surface area contributed by atoms with Crippen molar-refractivity contribution in [3.63, 3.8) is 0 Å². The Morgan fingerprint density at radius 2 is 1.93 bits per heavy atom. The molecule has 0 radical (unpaired) electrons. The molecule has 0 saturated carbocycles. The van der Waals surface area contributed by atoms with Gasteiger partial charge in [-0.25, -0.2) is 0 Å². The van der Waals surface area contributed by atoms with E-state index in [0.29, 0.717) is 26.2 Å². The van der Waals surface area contributed by atoms with E-state index in [1.165, 1.54) is 5.56 Å². The first-order valence-electron chi connectivity index (χ1n) is 10.7. The van der Waals surface area contributed by atoms with Gasteiger partial charge in [0.15, 0.2) is 0 Å². The Morgan fingerprint density at radius 1 is 1.17 bits per heavy atom. The molecule has 0 N–H and O–H groups in total. The molecular weight excluding hydrogens is 380 g/mol. The molecule has 160 valence electrons. The van der Waals surface area contributed by atoms with Crippen LogP contribution in [0.5, 0.6) is 0 Å². The average Bonchev–Trinajstić information content (AvgIpc) is 2.67. The molecule has 1 aromatic carbocycles. The van der Waals surface area contributed by atoms with E-state index < -0.39 is 8.32 Å². The maximum Gasteiger partial charge on any atom is 0.309 e. The fraction of sp³-hybridized carbons (Fsp3) is 0.542. The molecule has 0 aromatic heterocycles. The summed E-state index contributed by atoms with van der Waals surface area (Å²) >= 11 is 0. The second-order valence-electron chi connectivity index (χ2n) is 8.49. The molecule has 0 aliphatic heterocycles. The summed E-state index contributed by atoms with van der Waals surface area (Å²) in [6, 6.07) is 10.2. The summed E-state index contributed by atoms with van der Waals surface area (Å²) in [4.78, 5) is 12.4. The smallest absolute Gasteiger partial charge is 0.309 e. The molecule has 2 atom stereocenters. The molecule has 2 rings (SSSR count). The van der Waals surface area contributed by atoms with Crippen LogP contribution in [0.2, 0.25) is 19.6 Å². The summed E-state index contributed by atoms with van der Waals surface area (Å²) in [5, 5.41) is 0. The fourth-order valence-electron chi connectivity index (χ4n) is 3.57. The highest BCUT2D eigenvalue weighted by Gasteiger charge is 2.33. The average molecular weight is 417 g/mol. The number of esters is 1. The molecule has 4 nitrogen and oxygen atoms in total. The Bertz CT molecular complexity index is 676. The van der Waals surface area contributed by atoms with Crippen LogP contribution in [-0.2, 0) is 25.3 Å². The Labute approximate surface area is 177 Å². The normalized spacial score (nSPS) is 19.8. The van der Waals surface area contributed by atoms with Gasteiger partial charge in [-0.2, -0.15) is 0 Å². The van der Waals surface area contributed by atoms with Crippen molar-refractivity contribution in [2.45, 2.75) is 58.9 Å². The van der Waals surface area contributed by atoms with E-state index in [1.54, 1.807) is 0 Å². The molecule has 0 fully saturated rings. The lowest BCUT2D eigenvalue weighted by Crippen LogP contribution is -2.32. The molecule has 0 amide bonds. The van der Waals surface area contributed by atoms with Crippen LogP contribution in [0.15, 0.2) is 54.3 Å². The Kier molecular flexibility index (Phi) is 9.68. The number of benzene rings is 1. The fourth-order valence-corrected chi connectivity index (χ4v) is 4.52. The highest BCUT2D eigenvalue weighted by molar-refractivity contribution is 6.70. The van der Waals surface area contributed by atoms with Gasteiger partial charge in [-0.05, 0) is 63.4 Å². The standard InChI is InChI=1S/C24H36O4Si/c1-5-27-24(25)23-16-15-22(28-29(2,3)4)18-21(23)14-10-7-11-17-26-19-20-12-8-6-9-13-20/h6-9,11-13,15,21,23H,5,10,14,16-19H2,1-4H3/b11-7-/t21-,23-/m0/s1. The topological polar surface area (TPSA) is 44.8 Å². The first-order valence-corrected chi connectivity index (χ1v) is 14.1. The van der Waals surface area contributed by atoms with Gasteiger partial charge in [-0.3, -0.25) is 4.79 Å². The summed E-state index contributed by atoms with van der Waals surface area (Å²) in [5.41, 5.74) is 1.18. The van der Waals surface area contributed by atoms with Crippen LogP contribution in [-0.4, -0.2) is 27.5 Å². The summed E-state index contributed by atoms with van der Waals surface area (Å²) in [5.74, 6) is 1.19. The molecule has 1 aliphatic carbocycles. The second-order valence-corrected chi connectivity index (χ2v) is 12.9. The second kappa shape index (κ2) is 12.0. The zero-order chi connectivity index (χ0) is 21.1. The van der Waals surface area contributed by atoms with Crippen LogP contribution in [0.25, 0.3) is 0 Å². The number of hydrogen-bond donors (Lipinski definition) is 0. The van der Waals surface area contributed by atoms with Crippen molar-refractivity contribution in [3.05, 3.63) is 59.9 Å². The lowest BCUT2D eigenvalue weighted by molar-refractivity contribution is -0.150. The molecule has 0 unspecified atom stereocenters. The van der Waals surface area contributed by atoms with Crippen LogP contribution in [0, 0.1) is 11.8 Å². The van der Waals surface area contributed by atoms with Gasteiger partial charge in [0.25, 0.3) is 0 Å². The summed E-state index contributed by atoms with van der Waals surface area (Å²) < 4.78 is 17.2. The first kappa shape index (κ1) is 23.4. The van der Waals surface area contributed by atoms with Gasteiger partial charge in [-0.1, -0.05) is 42.5 Å². The molecule has 5 heteroatoms. The summed E-state index contributed by atoms with van der Waals surface area (Å²) in [6.07, 6.45) is 9.74. The van der Waals surface area contributed by atoms with Crippen LogP contribution in [0.4, 0.5) is 0 Å². The summed E-state index contributed by atoms with van der Waals surface area (Å²) in [7, 11) is -1.63. The van der Waals surface area contributed by atoms with E-state index >= 15 is 0 Å². The third-order valence-electron chi connectivity index (χ3n) is 4.85. The number of allylic oxidation sites excluding steroid dienone is 3. The molecular formula is C24H36O4Si.